The fraction of sp³-hybridized carbons (Fsp3) is 0.280. The molecule has 43 heavy (non-hydrogen) atoms. The number of pyridine rings is 1. The van der Waals surface area contributed by atoms with E-state index in [0.29, 0.717) is 32.7 Å². The Bertz CT molecular complexity index is 1450. The molecule has 0 aliphatic carbocycles. The smallest absolute Gasteiger partial charge is 0.481 e. The SMILES string of the molecule is N[C@H](CCC(=O)O)C(=O)CCN(C(=O)C(Cl)Cl)c1ccnc(-c2cc(-c3c(Cl)cccc3Cl)no2)c1.O=C(O)C(F)(F)F. The zero-order valence-electron chi connectivity index (χ0n) is 21.5. The van der Waals surface area contributed by atoms with Crippen molar-refractivity contribution in [2.75, 3.05) is 11.4 Å². The second-order valence-electron chi connectivity index (χ2n) is 8.42. The van der Waals surface area contributed by atoms with Crippen molar-refractivity contribution < 1.29 is 47.1 Å². The number of benzene rings is 1. The zero-order valence-corrected chi connectivity index (χ0v) is 24.5. The van der Waals surface area contributed by atoms with Crippen LogP contribution in [0.15, 0.2) is 47.1 Å². The summed E-state index contributed by atoms with van der Waals surface area (Å²) in [6.07, 6.45) is -4.04. The van der Waals surface area contributed by atoms with Crippen molar-refractivity contribution in [3.05, 3.63) is 52.6 Å². The number of carbonyl (C=O) groups excluding carboxylic acids is 2. The fourth-order valence-electron chi connectivity index (χ4n) is 3.31. The van der Waals surface area contributed by atoms with Gasteiger partial charge in [0.1, 0.15) is 11.4 Å². The first-order valence-corrected chi connectivity index (χ1v) is 13.4. The lowest BCUT2D eigenvalue weighted by atomic mass is 10.0. The molecule has 1 atom stereocenters. The van der Waals surface area contributed by atoms with E-state index in [0.717, 1.165) is 0 Å². The highest BCUT2D eigenvalue weighted by atomic mass is 35.5. The quantitative estimate of drug-likeness (QED) is 0.214. The Morgan fingerprint density at radius 1 is 1.00 bits per heavy atom. The van der Waals surface area contributed by atoms with Crippen LogP contribution in [0.5, 0.6) is 0 Å². The number of Topliss-reactive ketones (excluding diaryl/α,β-unsaturated/α-hetero) is 1. The molecular formula is C25H21Cl4F3N4O7. The molecule has 4 N–H and O–H groups in total. The molecule has 18 heteroatoms. The van der Waals surface area contributed by atoms with Crippen LogP contribution >= 0.6 is 46.4 Å². The molecule has 0 saturated carbocycles. The van der Waals surface area contributed by atoms with Crippen LogP contribution in [-0.4, -0.2) is 67.6 Å². The van der Waals surface area contributed by atoms with Gasteiger partial charge in [0, 0.05) is 42.9 Å². The van der Waals surface area contributed by atoms with E-state index in [-0.39, 0.29) is 31.6 Å². The molecular weight excluding hydrogens is 667 g/mol. The van der Waals surface area contributed by atoms with Crippen LogP contribution in [0.2, 0.25) is 10.0 Å². The number of nitrogens with zero attached hydrogens (tertiary/aromatic N) is 3. The van der Waals surface area contributed by atoms with Crippen molar-refractivity contribution in [2.45, 2.75) is 36.3 Å². The predicted molar refractivity (Wildman–Crippen MR) is 151 cm³/mol. The molecule has 3 rings (SSSR count). The van der Waals surface area contributed by atoms with E-state index >= 15 is 0 Å². The fourth-order valence-corrected chi connectivity index (χ4v) is 4.14. The number of anilines is 1. The molecule has 2 heterocycles. The molecule has 1 aromatic carbocycles. The maximum atomic E-state index is 12.7. The zero-order chi connectivity index (χ0) is 32.5. The van der Waals surface area contributed by atoms with E-state index in [9.17, 15) is 27.6 Å². The number of aliphatic carboxylic acids is 2. The molecule has 3 aromatic rings. The van der Waals surface area contributed by atoms with Crippen LogP contribution in [0.3, 0.4) is 0 Å². The normalized spacial score (nSPS) is 11.8. The Kier molecular flexibility index (Phi) is 13.2. The number of rotatable bonds is 11. The highest BCUT2D eigenvalue weighted by Gasteiger charge is 2.38. The summed E-state index contributed by atoms with van der Waals surface area (Å²) in [6.45, 7) is -0.0886. The number of carbonyl (C=O) groups is 4. The molecule has 1 amide bonds. The Morgan fingerprint density at radius 3 is 2.14 bits per heavy atom. The molecule has 0 spiro atoms. The van der Waals surface area contributed by atoms with Crippen molar-refractivity contribution in [3.63, 3.8) is 0 Å². The minimum atomic E-state index is -5.08. The number of carboxylic acid groups (broad SMARTS) is 2. The summed E-state index contributed by atoms with van der Waals surface area (Å²) in [5, 5.41) is 20.7. The number of nitrogens with two attached hydrogens (primary N) is 1. The van der Waals surface area contributed by atoms with Gasteiger partial charge >= 0.3 is 18.1 Å². The van der Waals surface area contributed by atoms with Crippen LogP contribution in [0.1, 0.15) is 19.3 Å². The van der Waals surface area contributed by atoms with Gasteiger partial charge in [-0.3, -0.25) is 19.4 Å². The standard InChI is InChI=1S/C23H20Cl4N4O5.C2HF3O2/c24-13-2-1-3-14(25)21(13)17-11-19(36-30-17)16-10-12(6-8-29-16)31(23(35)22(26)27)9-7-18(32)15(28)4-5-20(33)34;3-2(4,5)1(6)7/h1-3,6,8,10-11,15,22H,4-5,7,9,28H2,(H,33,34);(H,6,7)/t15-;/m1./s1. The van der Waals surface area contributed by atoms with Gasteiger partial charge in [0.05, 0.1) is 16.1 Å². The van der Waals surface area contributed by atoms with Crippen LogP contribution in [0, 0.1) is 0 Å². The van der Waals surface area contributed by atoms with Gasteiger partial charge in [-0.25, -0.2) is 4.79 Å². The van der Waals surface area contributed by atoms with Gasteiger partial charge in [-0.05, 0) is 30.7 Å². The Hall–Kier alpha value is -3.43. The topological polar surface area (TPSA) is 177 Å². The number of amides is 1. The van der Waals surface area contributed by atoms with E-state index in [4.69, 9.17) is 71.7 Å². The summed E-state index contributed by atoms with van der Waals surface area (Å²) in [5.41, 5.74) is 7.34. The van der Waals surface area contributed by atoms with E-state index in [2.05, 4.69) is 10.1 Å². The second kappa shape index (κ2) is 15.9. The van der Waals surface area contributed by atoms with Crippen LogP contribution in [0.25, 0.3) is 22.7 Å². The lowest BCUT2D eigenvalue weighted by Crippen LogP contribution is -2.39. The second-order valence-corrected chi connectivity index (χ2v) is 10.3. The molecule has 0 bridgehead atoms. The number of ketones is 1. The molecule has 0 aliphatic heterocycles. The monoisotopic (exact) mass is 686 g/mol. The van der Waals surface area contributed by atoms with Crippen LogP contribution in [-0.2, 0) is 19.2 Å². The first-order chi connectivity index (χ1) is 20.0. The van der Waals surface area contributed by atoms with Crippen LogP contribution < -0.4 is 10.6 Å². The van der Waals surface area contributed by atoms with Crippen molar-refractivity contribution in [2.24, 2.45) is 5.73 Å². The highest BCUT2D eigenvalue weighted by molar-refractivity contribution is 6.54. The van der Waals surface area contributed by atoms with Crippen molar-refractivity contribution >= 4 is 75.7 Å². The molecule has 0 aliphatic rings. The van der Waals surface area contributed by atoms with E-state index in [1.807, 2.05) is 0 Å². The summed E-state index contributed by atoms with van der Waals surface area (Å²) in [4.78, 5) is 48.8. The number of hydrogen-bond donors (Lipinski definition) is 3. The van der Waals surface area contributed by atoms with Gasteiger partial charge < -0.3 is 25.4 Å². The number of halogens is 7. The average molecular weight is 688 g/mol. The van der Waals surface area contributed by atoms with Gasteiger partial charge in [0.15, 0.2) is 16.4 Å². The van der Waals surface area contributed by atoms with Crippen LogP contribution in [0.4, 0.5) is 18.9 Å². The summed E-state index contributed by atoms with van der Waals surface area (Å²) >= 11 is 24.1. The first kappa shape index (κ1) is 35.8. The van der Waals surface area contributed by atoms with Gasteiger partial charge in [0.25, 0.3) is 5.91 Å². The van der Waals surface area contributed by atoms with Gasteiger partial charge in [-0.2, -0.15) is 13.2 Å². The minimum absolute atomic E-state index is 0.0154. The molecule has 2 aromatic heterocycles. The van der Waals surface area contributed by atoms with Gasteiger partial charge in [-0.1, -0.05) is 57.6 Å². The van der Waals surface area contributed by atoms with E-state index in [1.54, 1.807) is 30.3 Å². The highest BCUT2D eigenvalue weighted by Crippen LogP contribution is 2.36. The maximum Gasteiger partial charge on any atom is 0.490 e. The molecule has 0 fully saturated rings. The Balaban J connectivity index is 0.000000821. The first-order valence-electron chi connectivity index (χ1n) is 11.8. The van der Waals surface area contributed by atoms with Gasteiger partial charge in [0.2, 0.25) is 0 Å². The third kappa shape index (κ3) is 10.7. The van der Waals surface area contributed by atoms with Crippen molar-refractivity contribution in [1.29, 1.82) is 0 Å². The number of aromatic nitrogens is 2. The minimum Gasteiger partial charge on any atom is -0.481 e. The third-order valence-corrected chi connectivity index (χ3v) is 6.40. The number of carboxylic acids is 2. The number of hydrogen-bond acceptors (Lipinski definition) is 8. The van der Waals surface area contributed by atoms with E-state index in [1.165, 1.54) is 17.2 Å². The summed E-state index contributed by atoms with van der Waals surface area (Å²) in [5.74, 6) is -4.61. The molecule has 0 saturated heterocycles. The molecule has 0 unspecified atom stereocenters. The largest absolute Gasteiger partial charge is 0.490 e. The van der Waals surface area contributed by atoms with Crippen molar-refractivity contribution in [3.8, 4) is 22.7 Å². The summed E-state index contributed by atoms with van der Waals surface area (Å²) < 4.78 is 37.2. The Morgan fingerprint density at radius 2 is 1.60 bits per heavy atom. The lowest BCUT2D eigenvalue weighted by Gasteiger charge is -2.24. The summed E-state index contributed by atoms with van der Waals surface area (Å²) in [6, 6.07) is 8.75. The Labute approximate surface area is 261 Å². The predicted octanol–water partition coefficient (Wildman–Crippen LogP) is 5.63. The lowest BCUT2D eigenvalue weighted by molar-refractivity contribution is -0.192. The average Bonchev–Trinajstić information content (AvgIpc) is 3.41. The maximum absolute atomic E-state index is 12.7. The van der Waals surface area contributed by atoms with E-state index < -0.39 is 40.7 Å². The molecule has 0 radical (unpaired) electrons. The number of alkyl halides is 5. The van der Waals surface area contributed by atoms with Gasteiger partial charge in [-0.15, -0.1) is 0 Å². The third-order valence-electron chi connectivity index (χ3n) is 5.40. The van der Waals surface area contributed by atoms with Crippen molar-refractivity contribution in [1.82, 2.24) is 10.1 Å². The summed E-state index contributed by atoms with van der Waals surface area (Å²) in [7, 11) is 0. The molecule has 232 valence electrons. The molecule has 11 nitrogen and oxygen atoms in total.